The van der Waals surface area contributed by atoms with Crippen LogP contribution in [0.5, 0.6) is 11.5 Å². The molecule has 0 spiro atoms. The molecule has 0 radical (unpaired) electrons. The first-order valence-corrected chi connectivity index (χ1v) is 13.1. The van der Waals surface area contributed by atoms with Gasteiger partial charge in [0.1, 0.15) is 18.2 Å². The number of nitrogens with zero attached hydrogens (tertiary/aromatic N) is 2. The molecule has 0 saturated carbocycles. The van der Waals surface area contributed by atoms with Crippen LogP contribution in [-0.2, 0) is 18.6 Å². The lowest BCUT2D eigenvalue weighted by Crippen LogP contribution is -2.48. The Labute approximate surface area is 227 Å². The van der Waals surface area contributed by atoms with Crippen molar-refractivity contribution in [3.05, 3.63) is 94.0 Å². The fraction of sp³-hybridized carbons (Fsp3) is 0.241. The summed E-state index contributed by atoms with van der Waals surface area (Å²) in [6.45, 7) is 0.891. The molecular formula is C29H23ClF2N4O3. The van der Waals surface area contributed by atoms with E-state index in [0.29, 0.717) is 11.3 Å². The van der Waals surface area contributed by atoms with Crippen LogP contribution in [0.2, 0.25) is 5.02 Å². The van der Waals surface area contributed by atoms with Crippen molar-refractivity contribution in [1.29, 1.82) is 0 Å². The van der Waals surface area contributed by atoms with Gasteiger partial charge in [0.05, 0.1) is 40.5 Å². The normalized spacial score (nSPS) is 21.1. The van der Waals surface area contributed by atoms with Gasteiger partial charge in [-0.15, -0.1) is 0 Å². The first-order chi connectivity index (χ1) is 18.9. The van der Waals surface area contributed by atoms with E-state index in [2.05, 4.69) is 10.3 Å². The lowest BCUT2D eigenvalue weighted by atomic mass is 9.80. The van der Waals surface area contributed by atoms with Crippen LogP contribution in [0.25, 0.3) is 16.8 Å². The SMILES string of the molecule is NC(=O)c1cc2c(c(F)c1-c1c(Cl)c(F)cc3c1C[C@](c1ccccc1)([C@@H]1CCCN1)O3)OCc1cncn1-2. The van der Waals surface area contributed by atoms with Crippen molar-refractivity contribution in [1.82, 2.24) is 14.9 Å². The van der Waals surface area contributed by atoms with Gasteiger partial charge in [-0.25, -0.2) is 13.8 Å². The second kappa shape index (κ2) is 8.79. The summed E-state index contributed by atoms with van der Waals surface area (Å²) in [4.78, 5) is 16.8. The van der Waals surface area contributed by atoms with E-state index in [1.165, 1.54) is 18.5 Å². The Morgan fingerprint density at radius 2 is 2.03 bits per heavy atom. The van der Waals surface area contributed by atoms with Gasteiger partial charge in [0.15, 0.2) is 17.2 Å². The van der Waals surface area contributed by atoms with Gasteiger partial charge in [0.25, 0.3) is 0 Å². The lowest BCUT2D eigenvalue weighted by Gasteiger charge is -2.35. The molecule has 1 amide bonds. The Hall–Kier alpha value is -3.95. The number of rotatable bonds is 4. The standard InChI is InChI=1S/C29H23ClF2N4O3/c30-25-19(31)10-21-18(11-29(39-21,22-7-4-8-35-22)15-5-2-1-3-6-15)23(25)24-17(28(33)37)9-20-27(26(24)32)38-13-16-12-34-14-36(16)20/h1-3,5-6,9-10,12,14,22,35H,4,7-8,11,13H2,(H2,33,37)/t22-,29-/m0/s1. The van der Waals surface area contributed by atoms with Crippen molar-refractivity contribution in [2.45, 2.75) is 37.5 Å². The highest BCUT2D eigenvalue weighted by molar-refractivity contribution is 6.34. The molecule has 3 N–H and O–H groups in total. The molecule has 3 aliphatic rings. The van der Waals surface area contributed by atoms with Gasteiger partial charge in [-0.3, -0.25) is 9.36 Å². The molecule has 198 valence electrons. The number of halogens is 3. The van der Waals surface area contributed by atoms with Gasteiger partial charge in [-0.1, -0.05) is 41.9 Å². The van der Waals surface area contributed by atoms with Crippen LogP contribution >= 0.6 is 11.6 Å². The lowest BCUT2D eigenvalue weighted by molar-refractivity contribution is 0.0539. The maximum Gasteiger partial charge on any atom is 0.249 e. The topological polar surface area (TPSA) is 91.4 Å². The van der Waals surface area contributed by atoms with Gasteiger partial charge in [-0.2, -0.15) is 0 Å². The number of amides is 1. The quantitative estimate of drug-likeness (QED) is 0.373. The molecule has 1 saturated heterocycles. The predicted molar refractivity (Wildman–Crippen MR) is 140 cm³/mol. The second-order valence-electron chi connectivity index (χ2n) is 10.1. The zero-order valence-electron chi connectivity index (χ0n) is 20.6. The molecule has 39 heavy (non-hydrogen) atoms. The van der Waals surface area contributed by atoms with Gasteiger partial charge in [-0.05, 0) is 31.0 Å². The number of ether oxygens (including phenoxy) is 2. The van der Waals surface area contributed by atoms with Crippen LogP contribution in [0.3, 0.4) is 0 Å². The molecule has 0 unspecified atom stereocenters. The predicted octanol–water partition coefficient (Wildman–Crippen LogP) is 5.04. The Morgan fingerprint density at radius 1 is 1.21 bits per heavy atom. The number of nitrogens with two attached hydrogens (primary N) is 1. The smallest absolute Gasteiger partial charge is 0.249 e. The number of imidazole rings is 1. The zero-order chi connectivity index (χ0) is 26.9. The Bertz CT molecular complexity index is 1650. The third kappa shape index (κ3) is 3.49. The highest BCUT2D eigenvalue weighted by atomic mass is 35.5. The molecule has 1 aromatic heterocycles. The molecule has 0 bridgehead atoms. The molecule has 4 heterocycles. The minimum Gasteiger partial charge on any atom is -0.482 e. The number of carbonyl (C=O) groups excluding carboxylic acids is 1. The van der Waals surface area contributed by atoms with Crippen molar-refractivity contribution in [2.75, 3.05) is 6.54 Å². The highest BCUT2D eigenvalue weighted by Gasteiger charge is 2.50. The van der Waals surface area contributed by atoms with Crippen molar-refractivity contribution >= 4 is 17.5 Å². The maximum atomic E-state index is 16.5. The van der Waals surface area contributed by atoms with Crippen LogP contribution in [0.15, 0.2) is 55.0 Å². The summed E-state index contributed by atoms with van der Waals surface area (Å²) < 4.78 is 45.8. The van der Waals surface area contributed by atoms with Crippen LogP contribution in [0.1, 0.15) is 40.0 Å². The number of hydrogen-bond donors (Lipinski definition) is 2. The summed E-state index contributed by atoms with van der Waals surface area (Å²) >= 11 is 6.58. The number of nitrogens with one attached hydrogen (secondary N) is 1. The summed E-state index contributed by atoms with van der Waals surface area (Å²) in [7, 11) is 0. The van der Waals surface area contributed by atoms with Gasteiger partial charge in [0, 0.05) is 29.2 Å². The fourth-order valence-corrected chi connectivity index (χ4v) is 6.45. The summed E-state index contributed by atoms with van der Waals surface area (Å²) in [5, 5.41) is 3.20. The number of aromatic nitrogens is 2. The summed E-state index contributed by atoms with van der Waals surface area (Å²) in [5.74, 6) is -2.39. The van der Waals surface area contributed by atoms with E-state index in [0.717, 1.165) is 24.9 Å². The minimum atomic E-state index is -0.890. The van der Waals surface area contributed by atoms with Crippen LogP contribution in [0.4, 0.5) is 8.78 Å². The summed E-state index contributed by atoms with van der Waals surface area (Å²) in [6, 6.07) is 12.3. The van der Waals surface area contributed by atoms with Crippen LogP contribution in [0, 0.1) is 11.6 Å². The third-order valence-electron chi connectivity index (χ3n) is 7.96. The Morgan fingerprint density at radius 3 is 2.77 bits per heavy atom. The molecule has 1 fully saturated rings. The van der Waals surface area contributed by atoms with E-state index in [4.69, 9.17) is 26.8 Å². The number of fused-ring (bicyclic) bond motifs is 4. The van der Waals surface area contributed by atoms with E-state index in [-0.39, 0.29) is 58.0 Å². The van der Waals surface area contributed by atoms with Gasteiger partial charge >= 0.3 is 0 Å². The molecular weight excluding hydrogens is 526 g/mol. The molecule has 3 aliphatic heterocycles. The molecule has 0 aliphatic carbocycles. The van der Waals surface area contributed by atoms with Crippen LogP contribution in [-0.4, -0.2) is 28.0 Å². The van der Waals surface area contributed by atoms with Crippen molar-refractivity contribution < 1.29 is 23.0 Å². The van der Waals surface area contributed by atoms with Crippen molar-refractivity contribution in [3.63, 3.8) is 0 Å². The fourth-order valence-electron chi connectivity index (χ4n) is 6.19. The van der Waals surface area contributed by atoms with E-state index in [9.17, 15) is 4.79 Å². The molecule has 10 heteroatoms. The second-order valence-corrected chi connectivity index (χ2v) is 10.5. The van der Waals surface area contributed by atoms with Gasteiger partial charge in [0.2, 0.25) is 5.91 Å². The number of hydrogen-bond acceptors (Lipinski definition) is 5. The van der Waals surface area contributed by atoms with E-state index >= 15 is 8.78 Å². The molecule has 7 rings (SSSR count). The molecule has 2 atom stereocenters. The highest BCUT2D eigenvalue weighted by Crippen LogP contribution is 2.53. The number of carbonyl (C=O) groups is 1. The molecule has 4 aromatic rings. The van der Waals surface area contributed by atoms with Crippen molar-refractivity contribution in [2.24, 2.45) is 5.73 Å². The number of primary amides is 1. The maximum absolute atomic E-state index is 16.5. The monoisotopic (exact) mass is 548 g/mol. The van der Waals surface area contributed by atoms with E-state index < -0.39 is 23.1 Å². The Balaban J connectivity index is 1.48. The molecule has 7 nitrogen and oxygen atoms in total. The summed E-state index contributed by atoms with van der Waals surface area (Å²) in [5.41, 5.74) is 6.93. The van der Waals surface area contributed by atoms with Crippen LogP contribution < -0.4 is 20.5 Å². The van der Waals surface area contributed by atoms with Crippen molar-refractivity contribution in [3.8, 4) is 28.3 Å². The minimum absolute atomic E-state index is 0.0385. The zero-order valence-corrected chi connectivity index (χ0v) is 21.4. The summed E-state index contributed by atoms with van der Waals surface area (Å²) in [6.07, 6.45) is 5.17. The number of benzene rings is 3. The van der Waals surface area contributed by atoms with E-state index in [1.807, 2.05) is 30.3 Å². The molecule has 3 aromatic carbocycles. The van der Waals surface area contributed by atoms with Gasteiger partial charge < -0.3 is 20.5 Å². The first kappa shape index (κ1) is 24.1. The average molecular weight is 549 g/mol. The van der Waals surface area contributed by atoms with E-state index in [1.54, 1.807) is 10.8 Å². The average Bonchev–Trinajstić information content (AvgIpc) is 3.70. The Kier molecular flexibility index (Phi) is 5.43. The largest absolute Gasteiger partial charge is 0.482 e. The first-order valence-electron chi connectivity index (χ1n) is 12.7. The third-order valence-corrected chi connectivity index (χ3v) is 8.33.